The predicted molar refractivity (Wildman–Crippen MR) is 161 cm³/mol. The third kappa shape index (κ3) is 3.09. The summed E-state index contributed by atoms with van der Waals surface area (Å²) in [6.07, 6.45) is 0. The molecule has 2 aromatic heterocycles. The zero-order valence-electron chi connectivity index (χ0n) is 22.5. The molecule has 4 nitrogen and oxygen atoms in total. The van der Waals surface area contributed by atoms with Crippen LogP contribution in [0.25, 0.3) is 60.2 Å². The number of para-hydroxylation sites is 2. The highest BCUT2D eigenvalue weighted by atomic mass is 16.7. The van der Waals surface area contributed by atoms with E-state index in [-0.39, 0.29) is 0 Å². The van der Waals surface area contributed by atoms with Crippen molar-refractivity contribution in [2.75, 3.05) is 0 Å². The molecular formula is C34H28BNO3. The third-order valence-corrected chi connectivity index (χ3v) is 8.81. The molecule has 1 aliphatic rings. The molecule has 3 heterocycles. The van der Waals surface area contributed by atoms with Crippen molar-refractivity contribution in [2.24, 2.45) is 0 Å². The maximum atomic E-state index is 6.74. The van der Waals surface area contributed by atoms with E-state index in [0.29, 0.717) is 0 Å². The standard InChI is InChI=1S/C34H28BNO3/c1-33(2)34(3,4)39-35(38-33)27-20-26-24-19-18-21-12-8-9-15-23(21)30(24)36(22-13-6-5-7-14-22)31(26)32-29(27)25-16-10-11-17-28(25)37-32/h5-20H,1-4H3. The Morgan fingerprint density at radius 1 is 0.615 bits per heavy atom. The number of rotatable bonds is 2. The third-order valence-electron chi connectivity index (χ3n) is 8.81. The Morgan fingerprint density at radius 3 is 2.05 bits per heavy atom. The lowest BCUT2D eigenvalue weighted by atomic mass is 9.75. The normalized spacial score (nSPS) is 16.9. The maximum Gasteiger partial charge on any atom is 0.495 e. The number of benzene rings is 5. The van der Waals surface area contributed by atoms with Crippen LogP contribution in [0.1, 0.15) is 27.7 Å². The van der Waals surface area contributed by atoms with Gasteiger partial charge in [-0.2, -0.15) is 0 Å². The highest BCUT2D eigenvalue weighted by molar-refractivity contribution is 6.66. The number of aromatic nitrogens is 1. The fraction of sp³-hybridized carbons (Fsp3) is 0.176. The van der Waals surface area contributed by atoms with E-state index in [9.17, 15) is 0 Å². The topological polar surface area (TPSA) is 36.5 Å². The zero-order chi connectivity index (χ0) is 26.5. The minimum absolute atomic E-state index is 0.452. The summed E-state index contributed by atoms with van der Waals surface area (Å²) in [5, 5.41) is 6.81. The van der Waals surface area contributed by atoms with Gasteiger partial charge in [0.2, 0.25) is 0 Å². The van der Waals surface area contributed by atoms with Crippen molar-refractivity contribution in [3.8, 4) is 5.69 Å². The highest BCUT2D eigenvalue weighted by Crippen LogP contribution is 2.43. The van der Waals surface area contributed by atoms with Crippen molar-refractivity contribution in [3.63, 3.8) is 0 Å². The number of hydrogen-bond acceptors (Lipinski definition) is 3. The second-order valence-electron chi connectivity index (χ2n) is 11.6. The van der Waals surface area contributed by atoms with Gasteiger partial charge in [-0.25, -0.2) is 0 Å². The van der Waals surface area contributed by atoms with E-state index >= 15 is 0 Å². The van der Waals surface area contributed by atoms with Gasteiger partial charge in [-0.15, -0.1) is 0 Å². The van der Waals surface area contributed by atoms with Crippen LogP contribution in [0.5, 0.6) is 0 Å². The van der Waals surface area contributed by atoms with Crippen molar-refractivity contribution < 1.29 is 13.7 Å². The lowest BCUT2D eigenvalue weighted by Gasteiger charge is -2.32. The average molecular weight is 509 g/mol. The van der Waals surface area contributed by atoms with E-state index in [1.807, 2.05) is 12.1 Å². The molecule has 0 spiro atoms. The van der Waals surface area contributed by atoms with Crippen LogP contribution in [0.3, 0.4) is 0 Å². The number of furan rings is 1. The van der Waals surface area contributed by atoms with Crippen molar-refractivity contribution in [2.45, 2.75) is 38.9 Å². The average Bonchev–Trinajstić information content (AvgIpc) is 3.55. The van der Waals surface area contributed by atoms with E-state index in [4.69, 9.17) is 13.7 Å². The highest BCUT2D eigenvalue weighted by Gasteiger charge is 2.52. The lowest BCUT2D eigenvalue weighted by Crippen LogP contribution is -2.41. The predicted octanol–water partition coefficient (Wildman–Crippen LogP) is 8.14. The van der Waals surface area contributed by atoms with Crippen molar-refractivity contribution in [3.05, 3.63) is 97.1 Å². The summed E-state index contributed by atoms with van der Waals surface area (Å²) in [4.78, 5) is 0. The van der Waals surface area contributed by atoms with Gasteiger partial charge < -0.3 is 18.3 Å². The van der Waals surface area contributed by atoms with Crippen LogP contribution >= 0.6 is 0 Å². The van der Waals surface area contributed by atoms with Gasteiger partial charge in [-0.3, -0.25) is 0 Å². The molecule has 39 heavy (non-hydrogen) atoms. The van der Waals surface area contributed by atoms with Crippen LogP contribution in [0, 0.1) is 0 Å². The molecule has 0 unspecified atom stereocenters. The summed E-state index contributed by atoms with van der Waals surface area (Å²) < 4.78 is 22.4. The number of nitrogens with zero attached hydrogens (tertiary/aromatic N) is 1. The van der Waals surface area contributed by atoms with E-state index < -0.39 is 18.3 Å². The van der Waals surface area contributed by atoms with Crippen LogP contribution in [-0.4, -0.2) is 22.9 Å². The Labute approximate surface area is 226 Å². The molecule has 1 aliphatic heterocycles. The minimum atomic E-state index is -0.515. The molecular weight excluding hydrogens is 481 g/mol. The molecule has 0 saturated carbocycles. The van der Waals surface area contributed by atoms with Gasteiger partial charge >= 0.3 is 7.12 Å². The second-order valence-corrected chi connectivity index (χ2v) is 11.6. The van der Waals surface area contributed by atoms with Gasteiger partial charge in [0.25, 0.3) is 0 Å². The van der Waals surface area contributed by atoms with Crippen molar-refractivity contribution in [1.29, 1.82) is 0 Å². The van der Waals surface area contributed by atoms with Crippen LogP contribution in [0.2, 0.25) is 0 Å². The van der Waals surface area contributed by atoms with Crippen LogP contribution < -0.4 is 5.46 Å². The molecule has 0 aliphatic carbocycles. The first-order valence-corrected chi connectivity index (χ1v) is 13.6. The van der Waals surface area contributed by atoms with E-state index in [2.05, 4.69) is 117 Å². The van der Waals surface area contributed by atoms with Gasteiger partial charge in [0, 0.05) is 32.6 Å². The van der Waals surface area contributed by atoms with Gasteiger partial charge in [0.1, 0.15) is 5.58 Å². The fourth-order valence-corrected chi connectivity index (χ4v) is 6.16. The Balaban J connectivity index is 1.60. The summed E-state index contributed by atoms with van der Waals surface area (Å²) in [6, 6.07) is 34.1. The summed E-state index contributed by atoms with van der Waals surface area (Å²) in [5.41, 5.74) is 5.12. The van der Waals surface area contributed by atoms with Gasteiger partial charge in [0.15, 0.2) is 5.58 Å². The first-order valence-electron chi connectivity index (χ1n) is 13.6. The largest absolute Gasteiger partial charge is 0.495 e. The van der Waals surface area contributed by atoms with Gasteiger partial charge in [0.05, 0.1) is 22.2 Å². The van der Waals surface area contributed by atoms with Crippen LogP contribution in [0.15, 0.2) is 101 Å². The Kier molecular flexibility index (Phi) is 4.55. The second kappa shape index (κ2) is 7.75. The lowest BCUT2D eigenvalue weighted by molar-refractivity contribution is 0.00578. The summed E-state index contributed by atoms with van der Waals surface area (Å²) in [6.45, 7) is 8.40. The van der Waals surface area contributed by atoms with E-state index in [1.165, 1.54) is 21.7 Å². The number of hydrogen-bond donors (Lipinski definition) is 0. The van der Waals surface area contributed by atoms with Gasteiger partial charge in [-0.1, -0.05) is 78.9 Å². The first-order chi connectivity index (χ1) is 18.8. The van der Waals surface area contributed by atoms with E-state index in [1.54, 1.807) is 0 Å². The molecule has 8 rings (SSSR count). The molecule has 1 saturated heterocycles. The smallest absolute Gasteiger partial charge is 0.454 e. The monoisotopic (exact) mass is 509 g/mol. The summed E-state index contributed by atoms with van der Waals surface area (Å²) in [5.74, 6) is 0. The molecule has 7 aromatic rings. The Hall–Kier alpha value is -4.06. The Bertz CT molecular complexity index is 2070. The van der Waals surface area contributed by atoms with E-state index in [0.717, 1.165) is 44.0 Å². The van der Waals surface area contributed by atoms with Crippen LogP contribution in [0.4, 0.5) is 0 Å². The molecule has 0 N–H and O–H groups in total. The molecule has 0 amide bonds. The Morgan fingerprint density at radius 2 is 1.28 bits per heavy atom. The van der Waals surface area contributed by atoms with Gasteiger partial charge in [-0.05, 0) is 56.7 Å². The molecule has 190 valence electrons. The van der Waals surface area contributed by atoms with Crippen molar-refractivity contribution in [1.82, 2.24) is 4.57 Å². The molecule has 5 aromatic carbocycles. The quantitative estimate of drug-likeness (QED) is 0.221. The molecule has 0 bridgehead atoms. The van der Waals surface area contributed by atoms with Crippen molar-refractivity contribution >= 4 is 67.1 Å². The van der Waals surface area contributed by atoms with Crippen LogP contribution in [-0.2, 0) is 9.31 Å². The maximum absolute atomic E-state index is 6.74. The zero-order valence-corrected chi connectivity index (χ0v) is 22.5. The number of fused-ring (bicyclic) bond motifs is 9. The molecule has 5 heteroatoms. The summed E-state index contributed by atoms with van der Waals surface area (Å²) >= 11 is 0. The minimum Gasteiger partial charge on any atom is -0.454 e. The fourth-order valence-electron chi connectivity index (χ4n) is 6.16. The molecule has 0 atom stereocenters. The SMILES string of the molecule is CC1(C)OB(c2cc3c4ccc5ccccc5c4n(-c4ccccc4)c3c3oc4ccccc4c23)OC1(C)C. The first kappa shape index (κ1) is 22.9. The molecule has 1 fully saturated rings. The summed E-state index contributed by atoms with van der Waals surface area (Å²) in [7, 11) is -0.515. The molecule has 0 radical (unpaired) electrons.